The predicted octanol–water partition coefficient (Wildman–Crippen LogP) is 2.01. The van der Waals surface area contributed by atoms with Gasteiger partial charge >= 0.3 is 0 Å². The molecule has 112 valence electrons. The van der Waals surface area contributed by atoms with Gasteiger partial charge in [0.05, 0.1) is 0 Å². The first-order valence-electron chi connectivity index (χ1n) is 6.97. The molecule has 0 aliphatic heterocycles. The van der Waals surface area contributed by atoms with Crippen LogP contribution in [0.15, 0.2) is 18.2 Å². The van der Waals surface area contributed by atoms with E-state index in [1.165, 1.54) is 18.2 Å². The lowest BCUT2D eigenvalue weighted by Crippen LogP contribution is -2.36. The van der Waals surface area contributed by atoms with E-state index >= 15 is 0 Å². The summed E-state index contributed by atoms with van der Waals surface area (Å²) in [4.78, 5) is 11.7. The van der Waals surface area contributed by atoms with Crippen LogP contribution in [0.4, 0.5) is 4.39 Å². The Bertz CT molecular complexity index is 438. The number of carbonyl (C=O) groups excluding carboxylic acids is 1. The molecule has 1 aromatic rings. The largest absolute Gasteiger partial charge is 0.483 e. The van der Waals surface area contributed by atoms with Crippen molar-refractivity contribution in [3.8, 4) is 5.75 Å². The Kier molecular flexibility index (Phi) is 7.01. The second-order valence-electron chi connectivity index (χ2n) is 4.84. The predicted molar refractivity (Wildman–Crippen MR) is 77.2 cm³/mol. The molecule has 0 aromatic heterocycles. The van der Waals surface area contributed by atoms with E-state index in [9.17, 15) is 9.18 Å². The van der Waals surface area contributed by atoms with Crippen molar-refractivity contribution in [2.24, 2.45) is 5.73 Å². The monoisotopic (exact) mass is 282 g/mol. The van der Waals surface area contributed by atoms with Crippen LogP contribution in [0.3, 0.4) is 0 Å². The van der Waals surface area contributed by atoms with Gasteiger partial charge in [0.2, 0.25) is 0 Å². The van der Waals surface area contributed by atoms with Gasteiger partial charge in [-0.3, -0.25) is 4.79 Å². The van der Waals surface area contributed by atoms with Crippen molar-refractivity contribution < 1.29 is 13.9 Å². The van der Waals surface area contributed by atoms with Crippen molar-refractivity contribution in [3.63, 3.8) is 0 Å². The molecular weight excluding hydrogens is 259 g/mol. The fourth-order valence-electron chi connectivity index (χ4n) is 2.00. The van der Waals surface area contributed by atoms with Gasteiger partial charge in [0.15, 0.2) is 6.61 Å². The third-order valence-electron chi connectivity index (χ3n) is 2.92. The number of nitrogens with two attached hydrogens (primary N) is 1. The topological polar surface area (TPSA) is 64.3 Å². The lowest BCUT2D eigenvalue weighted by molar-refractivity contribution is -0.123. The summed E-state index contributed by atoms with van der Waals surface area (Å²) in [5.41, 5.74) is 6.16. The number of hydrogen-bond acceptors (Lipinski definition) is 3. The number of hydrogen-bond donors (Lipinski definition) is 2. The van der Waals surface area contributed by atoms with E-state index in [0.717, 1.165) is 12.8 Å². The van der Waals surface area contributed by atoms with Gasteiger partial charge in [-0.15, -0.1) is 0 Å². The first kappa shape index (κ1) is 16.4. The van der Waals surface area contributed by atoms with Crippen LogP contribution in [0.5, 0.6) is 5.75 Å². The summed E-state index contributed by atoms with van der Waals surface area (Å²) >= 11 is 0. The standard InChI is InChI=1S/C15H23FN2O2/c1-3-4-11(2)18-15(19)10-20-14-6-5-13(16)9-12(14)7-8-17/h5-6,9,11H,3-4,7-8,10,17H2,1-2H3,(H,18,19). The highest BCUT2D eigenvalue weighted by atomic mass is 19.1. The van der Waals surface area contributed by atoms with Crippen LogP contribution in [-0.4, -0.2) is 25.1 Å². The van der Waals surface area contributed by atoms with Gasteiger partial charge in [-0.1, -0.05) is 13.3 Å². The summed E-state index contributed by atoms with van der Waals surface area (Å²) in [6.45, 7) is 4.35. The van der Waals surface area contributed by atoms with Gasteiger partial charge in [0, 0.05) is 6.04 Å². The van der Waals surface area contributed by atoms with Crippen molar-refractivity contribution in [1.82, 2.24) is 5.32 Å². The van der Waals surface area contributed by atoms with Gasteiger partial charge in [0.1, 0.15) is 11.6 Å². The van der Waals surface area contributed by atoms with E-state index in [0.29, 0.717) is 24.3 Å². The molecule has 5 heteroatoms. The smallest absolute Gasteiger partial charge is 0.258 e. The number of ether oxygens (including phenoxy) is 1. The van der Waals surface area contributed by atoms with Crippen LogP contribution in [-0.2, 0) is 11.2 Å². The molecule has 20 heavy (non-hydrogen) atoms. The molecule has 0 saturated carbocycles. The molecule has 0 saturated heterocycles. The molecule has 1 amide bonds. The molecule has 0 fully saturated rings. The van der Waals surface area contributed by atoms with Crippen molar-refractivity contribution in [2.45, 2.75) is 39.2 Å². The molecule has 1 unspecified atom stereocenters. The molecule has 1 rings (SSSR count). The van der Waals surface area contributed by atoms with Crippen LogP contribution < -0.4 is 15.8 Å². The summed E-state index contributed by atoms with van der Waals surface area (Å²) in [6, 6.07) is 4.36. The molecule has 1 atom stereocenters. The Morgan fingerprint density at radius 2 is 2.25 bits per heavy atom. The summed E-state index contributed by atoms with van der Waals surface area (Å²) in [7, 11) is 0. The Morgan fingerprint density at radius 3 is 2.90 bits per heavy atom. The lowest BCUT2D eigenvalue weighted by atomic mass is 10.1. The van der Waals surface area contributed by atoms with Gasteiger partial charge in [-0.05, 0) is 50.1 Å². The molecule has 1 aromatic carbocycles. The number of benzene rings is 1. The Morgan fingerprint density at radius 1 is 1.50 bits per heavy atom. The number of rotatable bonds is 8. The van der Waals surface area contributed by atoms with Gasteiger partial charge in [0.25, 0.3) is 5.91 Å². The van der Waals surface area contributed by atoms with E-state index in [-0.39, 0.29) is 24.4 Å². The van der Waals surface area contributed by atoms with Crippen LogP contribution in [0, 0.1) is 5.82 Å². The second-order valence-corrected chi connectivity index (χ2v) is 4.84. The second kappa shape index (κ2) is 8.53. The fourth-order valence-corrected chi connectivity index (χ4v) is 2.00. The number of halogens is 1. The average molecular weight is 282 g/mol. The number of amides is 1. The third-order valence-corrected chi connectivity index (χ3v) is 2.92. The third kappa shape index (κ3) is 5.57. The van der Waals surface area contributed by atoms with Crippen molar-refractivity contribution >= 4 is 5.91 Å². The molecule has 0 radical (unpaired) electrons. The van der Waals surface area contributed by atoms with Crippen LogP contribution in [0.1, 0.15) is 32.3 Å². The van der Waals surface area contributed by atoms with E-state index in [2.05, 4.69) is 12.2 Å². The molecule has 0 aliphatic rings. The average Bonchev–Trinajstić information content (AvgIpc) is 2.38. The maximum Gasteiger partial charge on any atom is 0.258 e. The van der Waals surface area contributed by atoms with Crippen molar-refractivity contribution in [2.75, 3.05) is 13.2 Å². The highest BCUT2D eigenvalue weighted by molar-refractivity contribution is 5.77. The summed E-state index contributed by atoms with van der Waals surface area (Å²) < 4.78 is 18.6. The minimum Gasteiger partial charge on any atom is -0.483 e. The normalized spacial score (nSPS) is 12.0. The zero-order chi connectivity index (χ0) is 15.0. The Hall–Kier alpha value is -1.62. The lowest BCUT2D eigenvalue weighted by Gasteiger charge is -2.14. The molecule has 0 heterocycles. The van der Waals surface area contributed by atoms with Crippen molar-refractivity contribution in [3.05, 3.63) is 29.6 Å². The maximum absolute atomic E-state index is 13.2. The van der Waals surface area contributed by atoms with E-state index in [1.54, 1.807) is 0 Å². The molecule has 0 bridgehead atoms. The zero-order valence-corrected chi connectivity index (χ0v) is 12.1. The SMILES string of the molecule is CCCC(C)NC(=O)COc1ccc(F)cc1CCN. The summed E-state index contributed by atoms with van der Waals surface area (Å²) in [6.07, 6.45) is 2.46. The minimum atomic E-state index is -0.332. The Balaban J connectivity index is 2.54. The number of carbonyl (C=O) groups is 1. The van der Waals surface area contributed by atoms with E-state index in [1.807, 2.05) is 6.92 Å². The molecule has 0 aliphatic carbocycles. The molecule has 3 N–H and O–H groups in total. The van der Waals surface area contributed by atoms with Crippen molar-refractivity contribution in [1.29, 1.82) is 0 Å². The molecule has 4 nitrogen and oxygen atoms in total. The minimum absolute atomic E-state index is 0.0722. The highest BCUT2D eigenvalue weighted by Crippen LogP contribution is 2.20. The zero-order valence-electron chi connectivity index (χ0n) is 12.1. The van der Waals surface area contributed by atoms with Gasteiger partial charge in [-0.2, -0.15) is 0 Å². The quantitative estimate of drug-likeness (QED) is 0.766. The first-order chi connectivity index (χ1) is 9.56. The van der Waals surface area contributed by atoms with Gasteiger partial charge in [-0.25, -0.2) is 4.39 Å². The summed E-state index contributed by atoms with van der Waals surface area (Å²) in [5.74, 6) is 0.00550. The van der Waals surface area contributed by atoms with E-state index in [4.69, 9.17) is 10.5 Å². The number of nitrogens with one attached hydrogen (secondary N) is 1. The van der Waals surface area contributed by atoms with Crippen LogP contribution in [0.25, 0.3) is 0 Å². The van der Waals surface area contributed by atoms with Crippen LogP contribution >= 0.6 is 0 Å². The fraction of sp³-hybridized carbons (Fsp3) is 0.533. The summed E-state index contributed by atoms with van der Waals surface area (Å²) in [5, 5.41) is 2.85. The van der Waals surface area contributed by atoms with Gasteiger partial charge < -0.3 is 15.8 Å². The first-order valence-corrected chi connectivity index (χ1v) is 6.97. The highest BCUT2D eigenvalue weighted by Gasteiger charge is 2.10. The molecular formula is C15H23FN2O2. The molecule has 0 spiro atoms. The van der Waals surface area contributed by atoms with Crippen LogP contribution in [0.2, 0.25) is 0 Å². The van der Waals surface area contributed by atoms with E-state index < -0.39 is 0 Å². The Labute approximate surface area is 119 Å². The maximum atomic E-state index is 13.2.